The van der Waals surface area contributed by atoms with E-state index in [1.165, 1.54) is 11.1 Å². The lowest BCUT2D eigenvalue weighted by molar-refractivity contribution is 0.414. The summed E-state index contributed by atoms with van der Waals surface area (Å²) in [5.74, 6) is 0.926. The summed E-state index contributed by atoms with van der Waals surface area (Å²) in [6.45, 7) is 2.03. The maximum atomic E-state index is 5.32. The van der Waals surface area contributed by atoms with Crippen molar-refractivity contribution >= 4 is 5.69 Å². The molecule has 1 atom stereocenters. The van der Waals surface area contributed by atoms with Gasteiger partial charge in [-0.15, -0.1) is 0 Å². The second-order valence-electron chi connectivity index (χ2n) is 4.94. The Kier molecular flexibility index (Phi) is 3.11. The first kappa shape index (κ1) is 12.0. The van der Waals surface area contributed by atoms with Crippen molar-refractivity contribution in [2.24, 2.45) is 0 Å². The van der Waals surface area contributed by atoms with Gasteiger partial charge in [-0.25, -0.2) is 0 Å². The Labute approximate surface area is 113 Å². The number of nitrogens with one attached hydrogen (secondary N) is 1. The number of aromatic nitrogens is 1. The zero-order chi connectivity index (χ0) is 13.2. The number of hydrogen-bond donors (Lipinski definition) is 1. The van der Waals surface area contributed by atoms with Crippen molar-refractivity contribution in [2.75, 3.05) is 12.4 Å². The van der Waals surface area contributed by atoms with Gasteiger partial charge in [-0.05, 0) is 55.2 Å². The lowest BCUT2D eigenvalue weighted by Gasteiger charge is -2.17. The lowest BCUT2D eigenvalue weighted by atomic mass is 10.1. The van der Waals surface area contributed by atoms with E-state index in [9.17, 15) is 0 Å². The number of rotatable bonds is 3. The van der Waals surface area contributed by atoms with Crippen LogP contribution in [-0.4, -0.2) is 12.1 Å². The molecule has 0 radical (unpaired) electrons. The zero-order valence-corrected chi connectivity index (χ0v) is 11.3. The van der Waals surface area contributed by atoms with Gasteiger partial charge in [0.2, 0.25) is 0 Å². The number of anilines is 1. The molecule has 1 unspecified atom stereocenters. The summed E-state index contributed by atoms with van der Waals surface area (Å²) in [4.78, 5) is 4.32. The minimum absolute atomic E-state index is 0.355. The summed E-state index contributed by atoms with van der Waals surface area (Å²) in [5.41, 5.74) is 4.92. The number of hydrogen-bond acceptors (Lipinski definition) is 3. The molecule has 0 bridgehead atoms. The van der Waals surface area contributed by atoms with E-state index in [-0.39, 0.29) is 0 Å². The van der Waals surface area contributed by atoms with Crippen molar-refractivity contribution in [1.82, 2.24) is 4.98 Å². The van der Waals surface area contributed by atoms with Gasteiger partial charge in [-0.3, -0.25) is 4.98 Å². The van der Waals surface area contributed by atoms with Gasteiger partial charge >= 0.3 is 0 Å². The molecule has 1 aliphatic carbocycles. The highest BCUT2D eigenvalue weighted by Gasteiger charge is 2.23. The van der Waals surface area contributed by atoms with Crippen LogP contribution in [0.5, 0.6) is 5.75 Å². The molecular weight excluding hydrogens is 236 g/mol. The predicted octanol–water partition coefficient (Wildman–Crippen LogP) is 3.50. The van der Waals surface area contributed by atoms with Crippen LogP contribution in [0, 0.1) is 6.92 Å². The van der Waals surface area contributed by atoms with Crippen molar-refractivity contribution in [1.29, 1.82) is 0 Å². The van der Waals surface area contributed by atoms with Crippen molar-refractivity contribution in [3.8, 4) is 5.75 Å². The van der Waals surface area contributed by atoms with Crippen LogP contribution in [-0.2, 0) is 6.42 Å². The Bertz CT molecular complexity index is 595. The van der Waals surface area contributed by atoms with Crippen LogP contribution in [0.1, 0.15) is 29.3 Å². The highest BCUT2D eigenvalue weighted by atomic mass is 16.5. The molecule has 1 N–H and O–H groups in total. The summed E-state index contributed by atoms with van der Waals surface area (Å²) in [6.07, 6.45) is 4.07. The Hall–Kier alpha value is -2.03. The SMILES string of the molecule is COc1ccc2c(c1)C(Nc1cccnc1C)CC2. The van der Waals surface area contributed by atoms with Crippen LogP contribution < -0.4 is 10.1 Å². The molecule has 0 fully saturated rings. The zero-order valence-electron chi connectivity index (χ0n) is 11.3. The third kappa shape index (κ3) is 2.28. The Morgan fingerprint density at radius 3 is 3.00 bits per heavy atom. The van der Waals surface area contributed by atoms with E-state index < -0.39 is 0 Å². The molecule has 0 aliphatic heterocycles. The fourth-order valence-corrected chi connectivity index (χ4v) is 2.68. The fourth-order valence-electron chi connectivity index (χ4n) is 2.68. The maximum Gasteiger partial charge on any atom is 0.119 e. The molecular formula is C16H18N2O. The average molecular weight is 254 g/mol. The first-order valence-corrected chi connectivity index (χ1v) is 6.63. The Morgan fingerprint density at radius 2 is 2.21 bits per heavy atom. The van der Waals surface area contributed by atoms with Crippen LogP contribution in [0.4, 0.5) is 5.69 Å². The fraction of sp³-hybridized carbons (Fsp3) is 0.312. The third-order valence-electron chi connectivity index (χ3n) is 3.77. The summed E-state index contributed by atoms with van der Waals surface area (Å²) in [5, 5.41) is 3.60. The molecule has 19 heavy (non-hydrogen) atoms. The average Bonchev–Trinajstić information content (AvgIpc) is 2.84. The topological polar surface area (TPSA) is 34.1 Å². The smallest absolute Gasteiger partial charge is 0.119 e. The molecule has 1 aliphatic rings. The standard InChI is InChI=1S/C16H18N2O/c1-11-15(4-3-9-17-11)18-16-8-6-12-5-7-13(19-2)10-14(12)16/h3-5,7,9-10,16,18H,6,8H2,1-2H3. The van der Waals surface area contributed by atoms with Crippen molar-refractivity contribution in [3.63, 3.8) is 0 Å². The normalized spacial score (nSPS) is 17.1. The first-order valence-electron chi connectivity index (χ1n) is 6.63. The summed E-state index contributed by atoms with van der Waals surface area (Å²) >= 11 is 0. The van der Waals surface area contributed by atoms with Gasteiger partial charge in [0.05, 0.1) is 24.5 Å². The largest absolute Gasteiger partial charge is 0.497 e. The molecule has 1 aromatic carbocycles. The number of fused-ring (bicyclic) bond motifs is 1. The van der Waals surface area contributed by atoms with Crippen molar-refractivity contribution < 1.29 is 4.74 Å². The van der Waals surface area contributed by atoms with E-state index in [4.69, 9.17) is 4.74 Å². The van der Waals surface area contributed by atoms with Crippen LogP contribution in [0.25, 0.3) is 0 Å². The molecule has 0 spiro atoms. The van der Waals surface area contributed by atoms with Crippen molar-refractivity contribution in [3.05, 3.63) is 53.3 Å². The molecule has 0 saturated heterocycles. The van der Waals surface area contributed by atoms with Gasteiger partial charge in [-0.1, -0.05) is 6.07 Å². The van der Waals surface area contributed by atoms with E-state index in [0.717, 1.165) is 30.0 Å². The second kappa shape index (κ2) is 4.92. The van der Waals surface area contributed by atoms with Crippen LogP contribution in [0.3, 0.4) is 0 Å². The number of ether oxygens (including phenoxy) is 1. The van der Waals surface area contributed by atoms with E-state index in [1.54, 1.807) is 7.11 Å². The highest BCUT2D eigenvalue weighted by molar-refractivity contribution is 5.51. The minimum Gasteiger partial charge on any atom is -0.497 e. The van der Waals surface area contributed by atoms with Crippen LogP contribution >= 0.6 is 0 Å². The number of nitrogens with zero attached hydrogens (tertiary/aromatic N) is 1. The van der Waals surface area contributed by atoms with Crippen LogP contribution in [0.2, 0.25) is 0 Å². The van der Waals surface area contributed by atoms with Gasteiger partial charge in [0.15, 0.2) is 0 Å². The van der Waals surface area contributed by atoms with Crippen LogP contribution in [0.15, 0.2) is 36.5 Å². The summed E-state index contributed by atoms with van der Waals surface area (Å²) in [6, 6.07) is 10.8. The number of methoxy groups -OCH3 is 1. The summed E-state index contributed by atoms with van der Waals surface area (Å²) < 4.78 is 5.32. The minimum atomic E-state index is 0.355. The summed E-state index contributed by atoms with van der Waals surface area (Å²) in [7, 11) is 1.71. The van der Waals surface area contributed by atoms with E-state index in [1.807, 2.05) is 25.3 Å². The molecule has 3 heteroatoms. The van der Waals surface area contributed by atoms with Gasteiger partial charge in [0, 0.05) is 6.20 Å². The monoisotopic (exact) mass is 254 g/mol. The van der Waals surface area contributed by atoms with Gasteiger partial charge in [0.1, 0.15) is 5.75 Å². The second-order valence-corrected chi connectivity index (χ2v) is 4.94. The van der Waals surface area contributed by atoms with Gasteiger partial charge in [-0.2, -0.15) is 0 Å². The predicted molar refractivity (Wildman–Crippen MR) is 76.7 cm³/mol. The van der Waals surface area contributed by atoms with E-state index in [2.05, 4.69) is 28.5 Å². The van der Waals surface area contributed by atoms with Gasteiger partial charge in [0.25, 0.3) is 0 Å². The Balaban J connectivity index is 1.88. The molecule has 98 valence electrons. The Morgan fingerprint density at radius 1 is 1.32 bits per heavy atom. The number of pyridine rings is 1. The highest BCUT2D eigenvalue weighted by Crippen LogP contribution is 2.36. The van der Waals surface area contributed by atoms with E-state index >= 15 is 0 Å². The number of aryl methyl sites for hydroxylation is 2. The van der Waals surface area contributed by atoms with E-state index in [0.29, 0.717) is 6.04 Å². The molecule has 1 aromatic heterocycles. The third-order valence-corrected chi connectivity index (χ3v) is 3.77. The van der Waals surface area contributed by atoms with Gasteiger partial charge < -0.3 is 10.1 Å². The molecule has 0 saturated carbocycles. The molecule has 0 amide bonds. The molecule has 3 nitrogen and oxygen atoms in total. The first-order chi connectivity index (χ1) is 9.28. The quantitative estimate of drug-likeness (QED) is 0.910. The molecule has 1 heterocycles. The molecule has 2 aromatic rings. The molecule has 3 rings (SSSR count). The number of benzene rings is 1. The lowest BCUT2D eigenvalue weighted by Crippen LogP contribution is -2.08. The maximum absolute atomic E-state index is 5.32. The van der Waals surface area contributed by atoms with Crippen molar-refractivity contribution in [2.45, 2.75) is 25.8 Å².